The molecule has 0 radical (unpaired) electrons. The van der Waals surface area contributed by atoms with Crippen LogP contribution in [0.25, 0.3) is 0 Å². The van der Waals surface area contributed by atoms with Crippen LogP contribution in [0.4, 0.5) is 5.69 Å². The number of nitrogens with one attached hydrogen (secondary N) is 1. The second-order valence-corrected chi connectivity index (χ2v) is 4.55. The number of carbonyl (C=O) groups excluding carboxylic acids is 2. The molecule has 2 rings (SSSR count). The van der Waals surface area contributed by atoms with Crippen LogP contribution in [0.1, 0.15) is 26.3 Å². The van der Waals surface area contributed by atoms with Gasteiger partial charge in [-0.2, -0.15) is 5.26 Å². The van der Waals surface area contributed by atoms with Gasteiger partial charge in [-0.3, -0.25) is 4.79 Å². The molecule has 0 atom stereocenters. The topological polar surface area (TPSA) is 88.4 Å². The maximum Gasteiger partial charge on any atom is 0.340 e. The molecule has 6 heteroatoms. The summed E-state index contributed by atoms with van der Waals surface area (Å²) in [6.07, 6.45) is 0. The third-order valence-electron chi connectivity index (χ3n) is 3.16. The van der Waals surface area contributed by atoms with Gasteiger partial charge in [0.05, 0.1) is 37.1 Å². The van der Waals surface area contributed by atoms with Gasteiger partial charge in [-0.1, -0.05) is 0 Å². The summed E-state index contributed by atoms with van der Waals surface area (Å²) >= 11 is 0. The number of amides is 1. The Morgan fingerprint density at radius 3 is 2.35 bits per heavy atom. The van der Waals surface area contributed by atoms with E-state index in [4.69, 9.17) is 14.7 Å². The number of carbonyl (C=O) groups is 2. The molecule has 1 amide bonds. The van der Waals surface area contributed by atoms with Gasteiger partial charge in [0.15, 0.2) is 0 Å². The van der Waals surface area contributed by atoms with E-state index in [0.717, 1.165) is 0 Å². The van der Waals surface area contributed by atoms with Crippen molar-refractivity contribution in [1.29, 1.82) is 5.26 Å². The van der Waals surface area contributed by atoms with Crippen LogP contribution in [0.2, 0.25) is 0 Å². The molecular formula is C17H14N2O4. The Labute approximate surface area is 133 Å². The Bertz CT molecular complexity index is 776. The van der Waals surface area contributed by atoms with Gasteiger partial charge in [0.1, 0.15) is 5.75 Å². The number of nitriles is 1. The highest BCUT2D eigenvalue weighted by Crippen LogP contribution is 2.23. The smallest absolute Gasteiger partial charge is 0.340 e. The molecule has 1 N–H and O–H groups in total. The predicted molar refractivity (Wildman–Crippen MR) is 83.4 cm³/mol. The highest BCUT2D eigenvalue weighted by molar-refractivity contribution is 6.08. The average Bonchev–Trinajstić information content (AvgIpc) is 2.61. The lowest BCUT2D eigenvalue weighted by Crippen LogP contribution is -2.15. The zero-order chi connectivity index (χ0) is 16.8. The number of hydrogen-bond acceptors (Lipinski definition) is 5. The Morgan fingerprint density at radius 1 is 1.09 bits per heavy atom. The second-order valence-electron chi connectivity index (χ2n) is 4.55. The molecule has 2 aromatic rings. The summed E-state index contributed by atoms with van der Waals surface area (Å²) in [7, 11) is 2.74. The van der Waals surface area contributed by atoms with E-state index in [9.17, 15) is 9.59 Å². The molecule has 0 aliphatic carbocycles. The maximum absolute atomic E-state index is 12.3. The first-order chi connectivity index (χ1) is 11.1. The summed E-state index contributed by atoms with van der Waals surface area (Å²) < 4.78 is 9.78. The average molecular weight is 310 g/mol. The molecule has 0 saturated carbocycles. The molecule has 0 aliphatic rings. The first kappa shape index (κ1) is 16.0. The summed E-state index contributed by atoms with van der Waals surface area (Å²) in [6.45, 7) is 0. The number of anilines is 1. The van der Waals surface area contributed by atoms with Gasteiger partial charge in [0, 0.05) is 5.56 Å². The fourth-order valence-electron chi connectivity index (χ4n) is 1.93. The highest BCUT2D eigenvalue weighted by Gasteiger charge is 2.16. The third kappa shape index (κ3) is 3.66. The van der Waals surface area contributed by atoms with E-state index < -0.39 is 11.9 Å². The number of rotatable bonds is 4. The minimum Gasteiger partial charge on any atom is -0.497 e. The quantitative estimate of drug-likeness (QED) is 0.877. The largest absolute Gasteiger partial charge is 0.497 e. The molecule has 0 aromatic heterocycles. The van der Waals surface area contributed by atoms with Crippen molar-refractivity contribution in [1.82, 2.24) is 0 Å². The fourth-order valence-corrected chi connectivity index (χ4v) is 1.93. The van der Waals surface area contributed by atoms with Crippen molar-refractivity contribution >= 4 is 17.6 Å². The van der Waals surface area contributed by atoms with Crippen LogP contribution in [-0.2, 0) is 4.74 Å². The maximum atomic E-state index is 12.3. The van der Waals surface area contributed by atoms with Crippen LogP contribution in [0.5, 0.6) is 5.75 Å². The van der Waals surface area contributed by atoms with Crippen LogP contribution < -0.4 is 10.1 Å². The minimum atomic E-state index is -0.584. The molecule has 116 valence electrons. The molecule has 0 spiro atoms. The number of esters is 1. The standard InChI is InChI=1S/C17H14N2O4/c1-22-13-7-8-15(14(9-13)17(21)23-2)19-16(20)12-5-3-11(10-18)4-6-12/h3-9H,1-2H3,(H,19,20). The Balaban J connectivity index is 2.29. The summed E-state index contributed by atoms with van der Waals surface area (Å²) in [4.78, 5) is 24.1. The molecule has 0 unspecified atom stereocenters. The van der Waals surface area contributed by atoms with Crippen molar-refractivity contribution in [2.45, 2.75) is 0 Å². The summed E-state index contributed by atoms with van der Waals surface area (Å²) in [6, 6.07) is 12.8. The van der Waals surface area contributed by atoms with Gasteiger partial charge in [-0.15, -0.1) is 0 Å². The monoisotopic (exact) mass is 310 g/mol. The van der Waals surface area contributed by atoms with E-state index in [0.29, 0.717) is 22.6 Å². The van der Waals surface area contributed by atoms with Gasteiger partial charge in [0.2, 0.25) is 0 Å². The van der Waals surface area contributed by atoms with Gasteiger partial charge < -0.3 is 14.8 Å². The van der Waals surface area contributed by atoms with E-state index in [-0.39, 0.29) is 5.56 Å². The number of ether oxygens (including phenoxy) is 2. The summed E-state index contributed by atoms with van der Waals surface area (Å²) in [5.41, 5.74) is 1.33. The van der Waals surface area contributed by atoms with Crippen molar-refractivity contribution in [3.05, 3.63) is 59.2 Å². The van der Waals surface area contributed by atoms with Crippen LogP contribution in [0, 0.1) is 11.3 Å². The molecule has 0 fully saturated rings. The van der Waals surface area contributed by atoms with Crippen molar-refractivity contribution in [2.75, 3.05) is 19.5 Å². The molecule has 6 nitrogen and oxygen atoms in total. The number of methoxy groups -OCH3 is 2. The number of nitrogens with zero attached hydrogens (tertiary/aromatic N) is 1. The van der Waals surface area contributed by atoms with Crippen LogP contribution >= 0.6 is 0 Å². The molecule has 0 aliphatic heterocycles. The van der Waals surface area contributed by atoms with Crippen molar-refractivity contribution in [2.24, 2.45) is 0 Å². The lowest BCUT2D eigenvalue weighted by atomic mass is 10.1. The lowest BCUT2D eigenvalue weighted by Gasteiger charge is -2.11. The third-order valence-corrected chi connectivity index (χ3v) is 3.16. The SMILES string of the molecule is COC(=O)c1cc(OC)ccc1NC(=O)c1ccc(C#N)cc1. The molecule has 2 aromatic carbocycles. The zero-order valence-electron chi connectivity index (χ0n) is 12.6. The Morgan fingerprint density at radius 2 is 1.78 bits per heavy atom. The zero-order valence-corrected chi connectivity index (χ0v) is 12.6. The van der Waals surface area contributed by atoms with E-state index in [1.807, 2.05) is 6.07 Å². The van der Waals surface area contributed by atoms with E-state index in [1.165, 1.54) is 32.4 Å². The van der Waals surface area contributed by atoms with Gasteiger partial charge in [-0.25, -0.2) is 4.79 Å². The molecular weight excluding hydrogens is 296 g/mol. The van der Waals surface area contributed by atoms with E-state index in [1.54, 1.807) is 24.3 Å². The summed E-state index contributed by atoms with van der Waals surface area (Å²) in [5, 5.41) is 11.4. The molecule has 0 bridgehead atoms. The summed E-state index contributed by atoms with van der Waals surface area (Å²) in [5.74, 6) is -0.509. The molecule has 23 heavy (non-hydrogen) atoms. The van der Waals surface area contributed by atoms with Gasteiger partial charge >= 0.3 is 5.97 Å². The van der Waals surface area contributed by atoms with Crippen molar-refractivity contribution in [3.63, 3.8) is 0 Å². The number of benzene rings is 2. The second kappa shape index (κ2) is 7.09. The first-order valence-corrected chi connectivity index (χ1v) is 6.67. The first-order valence-electron chi connectivity index (χ1n) is 6.67. The predicted octanol–water partition coefficient (Wildman–Crippen LogP) is 2.61. The molecule has 0 saturated heterocycles. The van der Waals surface area contributed by atoms with Crippen LogP contribution in [-0.4, -0.2) is 26.1 Å². The minimum absolute atomic E-state index is 0.189. The van der Waals surface area contributed by atoms with E-state index >= 15 is 0 Å². The van der Waals surface area contributed by atoms with Crippen molar-refractivity contribution < 1.29 is 19.1 Å². The van der Waals surface area contributed by atoms with Crippen molar-refractivity contribution in [3.8, 4) is 11.8 Å². The lowest BCUT2D eigenvalue weighted by molar-refractivity contribution is 0.0601. The van der Waals surface area contributed by atoms with E-state index in [2.05, 4.69) is 5.32 Å². The Kier molecular flexibility index (Phi) is 4.95. The molecule has 0 heterocycles. The van der Waals surface area contributed by atoms with Gasteiger partial charge in [-0.05, 0) is 42.5 Å². The number of hydrogen-bond donors (Lipinski definition) is 1. The van der Waals surface area contributed by atoms with Crippen LogP contribution in [0.3, 0.4) is 0 Å². The van der Waals surface area contributed by atoms with Gasteiger partial charge in [0.25, 0.3) is 5.91 Å². The Hall–Kier alpha value is -3.33. The fraction of sp³-hybridized carbons (Fsp3) is 0.118. The highest BCUT2D eigenvalue weighted by atomic mass is 16.5. The van der Waals surface area contributed by atoms with Crippen LogP contribution in [0.15, 0.2) is 42.5 Å². The normalized spacial score (nSPS) is 9.61.